The molecule has 5 heteroatoms. The topological polar surface area (TPSA) is 89.8 Å². The molecule has 0 radical (unpaired) electrons. The molecule has 0 bridgehead atoms. The molecule has 5 nitrogen and oxygen atoms in total. The lowest BCUT2D eigenvalue weighted by Gasteiger charge is -2.32. The number of carboxylic acids is 1. The normalized spacial score (nSPS) is 26.1. The molecular formula is C18H35NO4. The van der Waals surface area contributed by atoms with Gasteiger partial charge in [0, 0.05) is 12.1 Å². The summed E-state index contributed by atoms with van der Waals surface area (Å²) in [4.78, 5) is 10.4. The van der Waals surface area contributed by atoms with Crippen LogP contribution < -0.4 is 5.32 Å². The minimum atomic E-state index is -0.922. The van der Waals surface area contributed by atoms with Gasteiger partial charge in [0.2, 0.25) is 0 Å². The van der Waals surface area contributed by atoms with E-state index in [1.54, 1.807) is 0 Å². The third kappa shape index (κ3) is 9.95. The van der Waals surface area contributed by atoms with Crippen molar-refractivity contribution in [2.24, 2.45) is 0 Å². The van der Waals surface area contributed by atoms with Crippen LogP contribution in [0.15, 0.2) is 0 Å². The second-order valence-electron chi connectivity index (χ2n) is 7.10. The minimum absolute atomic E-state index is 0.134. The van der Waals surface area contributed by atoms with Crippen molar-refractivity contribution in [1.82, 2.24) is 5.32 Å². The number of nitrogens with one attached hydrogen (secondary N) is 1. The predicted molar refractivity (Wildman–Crippen MR) is 91.4 cm³/mol. The third-order valence-electron chi connectivity index (χ3n) is 4.89. The summed E-state index contributed by atoms with van der Waals surface area (Å²) in [6.45, 7) is 2.06. The zero-order chi connectivity index (χ0) is 17.1. The summed E-state index contributed by atoms with van der Waals surface area (Å²) in [5.41, 5.74) is 0. The van der Waals surface area contributed by atoms with Gasteiger partial charge < -0.3 is 20.6 Å². The predicted octanol–water partition coefficient (Wildman–Crippen LogP) is 2.83. The number of unbranched alkanes of at least 4 members (excludes halogenated alkanes) is 6. The smallest absolute Gasteiger partial charge is 0.305 e. The van der Waals surface area contributed by atoms with Gasteiger partial charge in [-0.3, -0.25) is 4.79 Å². The van der Waals surface area contributed by atoms with Crippen molar-refractivity contribution in [2.45, 2.75) is 108 Å². The summed E-state index contributed by atoms with van der Waals surface area (Å²) < 4.78 is 0. The largest absolute Gasteiger partial charge is 0.481 e. The highest BCUT2D eigenvalue weighted by molar-refractivity contribution is 5.67. The molecule has 0 aromatic heterocycles. The number of piperidine rings is 1. The first-order valence-corrected chi connectivity index (χ1v) is 9.33. The van der Waals surface area contributed by atoms with Gasteiger partial charge in [-0.15, -0.1) is 0 Å². The van der Waals surface area contributed by atoms with Crippen LogP contribution in [-0.4, -0.2) is 45.6 Å². The van der Waals surface area contributed by atoms with Crippen LogP contribution in [-0.2, 0) is 4.79 Å². The molecule has 1 rings (SSSR count). The maximum absolute atomic E-state index is 10.4. The Morgan fingerprint density at radius 3 is 2.30 bits per heavy atom. The van der Waals surface area contributed by atoms with E-state index in [4.69, 9.17) is 5.11 Å². The van der Waals surface area contributed by atoms with Crippen molar-refractivity contribution in [1.29, 1.82) is 0 Å². The van der Waals surface area contributed by atoms with E-state index < -0.39 is 12.1 Å². The van der Waals surface area contributed by atoms with Crippen LogP contribution in [0.1, 0.15) is 84.0 Å². The van der Waals surface area contributed by atoms with E-state index in [-0.39, 0.29) is 18.6 Å². The summed E-state index contributed by atoms with van der Waals surface area (Å²) in [7, 11) is 0. The Labute approximate surface area is 140 Å². The van der Waals surface area contributed by atoms with Crippen molar-refractivity contribution in [3.8, 4) is 0 Å². The molecule has 0 spiro atoms. The molecule has 0 aliphatic carbocycles. The Bertz CT molecular complexity index is 324. The summed E-state index contributed by atoms with van der Waals surface area (Å²) >= 11 is 0. The molecule has 0 amide bonds. The van der Waals surface area contributed by atoms with Gasteiger partial charge in [-0.25, -0.2) is 0 Å². The highest BCUT2D eigenvalue weighted by Gasteiger charge is 2.24. The first-order valence-electron chi connectivity index (χ1n) is 9.33. The van der Waals surface area contributed by atoms with E-state index in [0.717, 1.165) is 25.7 Å². The summed E-state index contributed by atoms with van der Waals surface area (Å²) in [6.07, 6.45) is 11.0. The first kappa shape index (κ1) is 20.4. The summed E-state index contributed by atoms with van der Waals surface area (Å²) in [6, 6.07) is 0.800. The summed E-state index contributed by atoms with van der Waals surface area (Å²) in [5, 5.41) is 31.2. The number of aliphatic hydroxyl groups excluding tert-OH is 2. The Morgan fingerprint density at radius 1 is 1.09 bits per heavy atom. The maximum atomic E-state index is 10.4. The van der Waals surface area contributed by atoms with Crippen LogP contribution >= 0.6 is 0 Å². The molecule has 4 N–H and O–H groups in total. The molecule has 0 unspecified atom stereocenters. The molecule has 136 valence electrons. The molecule has 23 heavy (non-hydrogen) atoms. The van der Waals surface area contributed by atoms with Gasteiger partial charge in [-0.2, -0.15) is 0 Å². The van der Waals surface area contributed by atoms with Crippen molar-refractivity contribution in [3.63, 3.8) is 0 Å². The Balaban J connectivity index is 1.86. The summed E-state index contributed by atoms with van der Waals surface area (Å²) in [5.74, 6) is -0.922. The van der Waals surface area contributed by atoms with Crippen LogP contribution in [0.4, 0.5) is 0 Å². The average molecular weight is 329 g/mol. The molecule has 4 atom stereocenters. The maximum Gasteiger partial charge on any atom is 0.305 e. The number of carbonyl (C=O) groups is 1. The molecule has 1 saturated heterocycles. The molecule has 1 fully saturated rings. The van der Waals surface area contributed by atoms with Crippen LogP contribution in [0.2, 0.25) is 0 Å². The number of aliphatic carboxylic acids is 1. The second kappa shape index (κ2) is 11.8. The standard InChI is InChI=1S/C18H35NO4/c1-14-17(21)12-11-15(19-14)9-7-5-3-2-4-6-8-10-16(20)13-18(22)23/h14-17,19-21H,2-13H2,1H3,(H,22,23)/t14-,15+,16+,17-/m0/s1. The van der Waals surface area contributed by atoms with E-state index in [1.807, 2.05) is 0 Å². The highest BCUT2D eigenvalue weighted by atomic mass is 16.4. The molecule has 0 aromatic rings. The Morgan fingerprint density at radius 2 is 1.70 bits per heavy atom. The quantitative estimate of drug-likeness (QED) is 0.413. The van der Waals surface area contributed by atoms with Crippen LogP contribution in [0, 0.1) is 0 Å². The minimum Gasteiger partial charge on any atom is -0.481 e. The van der Waals surface area contributed by atoms with Gasteiger partial charge in [0.15, 0.2) is 0 Å². The lowest BCUT2D eigenvalue weighted by atomic mass is 9.93. The van der Waals surface area contributed by atoms with Crippen molar-refractivity contribution >= 4 is 5.97 Å². The van der Waals surface area contributed by atoms with E-state index in [2.05, 4.69) is 12.2 Å². The van der Waals surface area contributed by atoms with Crippen molar-refractivity contribution in [2.75, 3.05) is 0 Å². The third-order valence-corrected chi connectivity index (χ3v) is 4.89. The second-order valence-corrected chi connectivity index (χ2v) is 7.10. The number of hydrogen-bond acceptors (Lipinski definition) is 4. The number of aliphatic hydroxyl groups is 2. The molecule has 0 aromatic carbocycles. The number of carboxylic acid groups (broad SMARTS) is 1. The van der Waals surface area contributed by atoms with E-state index in [0.29, 0.717) is 12.5 Å². The van der Waals surface area contributed by atoms with Crippen LogP contribution in [0.25, 0.3) is 0 Å². The fraction of sp³-hybridized carbons (Fsp3) is 0.944. The van der Waals surface area contributed by atoms with Gasteiger partial charge in [-0.05, 0) is 32.6 Å². The van der Waals surface area contributed by atoms with Crippen molar-refractivity contribution in [3.05, 3.63) is 0 Å². The Kier molecular flexibility index (Phi) is 10.5. The van der Waals surface area contributed by atoms with Gasteiger partial charge in [-0.1, -0.05) is 44.9 Å². The molecule has 1 aliphatic heterocycles. The molecular weight excluding hydrogens is 294 g/mol. The average Bonchev–Trinajstić information content (AvgIpc) is 2.48. The van der Waals surface area contributed by atoms with Gasteiger partial charge in [0.05, 0.1) is 18.6 Å². The number of rotatable bonds is 12. The fourth-order valence-corrected chi connectivity index (χ4v) is 3.37. The van der Waals surface area contributed by atoms with Crippen molar-refractivity contribution < 1.29 is 20.1 Å². The fourth-order valence-electron chi connectivity index (χ4n) is 3.37. The van der Waals surface area contributed by atoms with Gasteiger partial charge in [0.25, 0.3) is 0 Å². The van der Waals surface area contributed by atoms with Gasteiger partial charge in [0.1, 0.15) is 0 Å². The molecule has 1 aliphatic rings. The zero-order valence-corrected chi connectivity index (χ0v) is 14.5. The van der Waals surface area contributed by atoms with E-state index in [1.165, 1.54) is 38.5 Å². The van der Waals surface area contributed by atoms with Crippen LogP contribution in [0.5, 0.6) is 0 Å². The number of hydrogen-bond donors (Lipinski definition) is 4. The Hall–Kier alpha value is -0.650. The zero-order valence-electron chi connectivity index (χ0n) is 14.5. The monoisotopic (exact) mass is 329 g/mol. The van der Waals surface area contributed by atoms with Gasteiger partial charge >= 0.3 is 5.97 Å². The highest BCUT2D eigenvalue weighted by Crippen LogP contribution is 2.18. The lowest BCUT2D eigenvalue weighted by molar-refractivity contribution is -0.139. The molecule has 1 heterocycles. The lowest BCUT2D eigenvalue weighted by Crippen LogP contribution is -2.48. The van der Waals surface area contributed by atoms with E-state index >= 15 is 0 Å². The first-order chi connectivity index (χ1) is 11.0. The SMILES string of the molecule is C[C@@H]1N[C@H](CCCCCCCCC[C@@H](O)CC(=O)O)CC[C@@H]1O. The molecule has 0 saturated carbocycles. The van der Waals surface area contributed by atoms with E-state index in [9.17, 15) is 15.0 Å². The van der Waals surface area contributed by atoms with Crippen LogP contribution in [0.3, 0.4) is 0 Å².